The number of aliphatic hydroxyl groups is 1. The highest BCUT2D eigenvalue weighted by Gasteiger charge is 2.22. The van der Waals surface area contributed by atoms with Gasteiger partial charge in [-0.05, 0) is 24.1 Å². The van der Waals surface area contributed by atoms with Crippen LogP contribution in [0.5, 0.6) is 0 Å². The van der Waals surface area contributed by atoms with E-state index in [1.54, 1.807) is 12.1 Å². The van der Waals surface area contributed by atoms with Crippen LogP contribution in [0.1, 0.15) is 5.56 Å². The topological polar surface area (TPSA) is 20.2 Å². The van der Waals surface area contributed by atoms with Gasteiger partial charge in [0, 0.05) is 22.5 Å². The van der Waals surface area contributed by atoms with Crippen LogP contribution in [0.3, 0.4) is 0 Å². The summed E-state index contributed by atoms with van der Waals surface area (Å²) >= 11 is 9.42. The summed E-state index contributed by atoms with van der Waals surface area (Å²) in [6.07, 6.45) is 0.160. The molecule has 1 aliphatic heterocycles. The van der Waals surface area contributed by atoms with Gasteiger partial charge in [0.25, 0.3) is 0 Å². The normalized spacial score (nSPS) is 22.4. The summed E-state index contributed by atoms with van der Waals surface area (Å²) < 4.78 is 13.0. The molecule has 5 heteroatoms. The van der Waals surface area contributed by atoms with E-state index in [-0.39, 0.29) is 16.4 Å². The quantitative estimate of drug-likeness (QED) is 0.924. The number of aliphatic hydroxyl groups excluding tert-OH is 1. The van der Waals surface area contributed by atoms with Gasteiger partial charge < -0.3 is 5.11 Å². The number of hydrogen-bond acceptors (Lipinski definition) is 3. The molecule has 1 saturated heterocycles. The second kappa shape index (κ2) is 6.32. The van der Waals surface area contributed by atoms with Gasteiger partial charge in [-0.3, -0.25) is 0 Å². The van der Waals surface area contributed by atoms with Gasteiger partial charge in [-0.1, -0.05) is 17.7 Å². The number of hydrogen-bond donors (Lipinski definition) is 1. The van der Waals surface area contributed by atoms with Crippen LogP contribution in [-0.2, 0) is 6.42 Å². The molecule has 1 aromatic rings. The van der Waals surface area contributed by atoms with Gasteiger partial charge in [-0.15, -0.1) is 0 Å². The molecule has 1 aliphatic rings. The molecule has 0 bridgehead atoms. The first-order valence-electron chi connectivity index (χ1n) is 5.48. The van der Waals surface area contributed by atoms with Crippen LogP contribution in [0.4, 0.5) is 4.39 Å². The van der Waals surface area contributed by atoms with Gasteiger partial charge >= 0.3 is 0 Å². The first-order valence-corrected chi connectivity index (χ1v) is 8.06. The Hall–Kier alpha value is 0.1000. The minimum absolute atomic E-state index is 0.125. The molecule has 1 fully saturated rings. The SMILES string of the molecule is OC(Cc1ccc(F)c(Cl)c1)C1CSCCS1. The van der Waals surface area contributed by atoms with Crippen molar-refractivity contribution in [1.29, 1.82) is 0 Å². The van der Waals surface area contributed by atoms with Crippen LogP contribution in [0.25, 0.3) is 0 Å². The van der Waals surface area contributed by atoms with Gasteiger partial charge in [0.15, 0.2) is 0 Å². The minimum atomic E-state index is -0.410. The molecule has 1 nitrogen and oxygen atoms in total. The molecule has 0 saturated carbocycles. The van der Waals surface area contributed by atoms with Crippen molar-refractivity contribution < 1.29 is 9.50 Å². The smallest absolute Gasteiger partial charge is 0.141 e. The van der Waals surface area contributed by atoms with Crippen molar-refractivity contribution in [3.8, 4) is 0 Å². The van der Waals surface area contributed by atoms with E-state index in [4.69, 9.17) is 11.6 Å². The van der Waals surface area contributed by atoms with E-state index in [1.807, 2.05) is 23.5 Å². The van der Waals surface area contributed by atoms with Crippen LogP contribution >= 0.6 is 35.1 Å². The second-order valence-corrected chi connectivity index (χ2v) is 6.91. The minimum Gasteiger partial charge on any atom is -0.392 e. The summed E-state index contributed by atoms with van der Waals surface area (Å²) in [7, 11) is 0. The Morgan fingerprint density at radius 2 is 2.29 bits per heavy atom. The van der Waals surface area contributed by atoms with Crippen molar-refractivity contribution in [3.63, 3.8) is 0 Å². The number of benzene rings is 1. The van der Waals surface area contributed by atoms with Gasteiger partial charge in [0.05, 0.1) is 11.1 Å². The van der Waals surface area contributed by atoms with Crippen LogP contribution < -0.4 is 0 Å². The standard InChI is InChI=1S/C12H14ClFOS2/c13-9-5-8(1-2-10(9)14)6-11(15)12-7-16-3-4-17-12/h1-2,5,11-12,15H,3-4,6-7H2. The van der Waals surface area contributed by atoms with E-state index in [0.717, 1.165) is 22.8 Å². The summed E-state index contributed by atoms with van der Waals surface area (Å²) in [5.41, 5.74) is 0.889. The van der Waals surface area contributed by atoms with Crippen molar-refractivity contribution in [1.82, 2.24) is 0 Å². The molecule has 0 spiro atoms. The van der Waals surface area contributed by atoms with Crippen LogP contribution in [0.2, 0.25) is 5.02 Å². The summed E-state index contributed by atoms with van der Waals surface area (Å²) in [5.74, 6) is 2.83. The lowest BCUT2D eigenvalue weighted by Gasteiger charge is -2.25. The van der Waals surface area contributed by atoms with Crippen molar-refractivity contribution in [2.45, 2.75) is 17.8 Å². The maximum absolute atomic E-state index is 13.0. The molecule has 1 aromatic carbocycles. The summed E-state index contributed by atoms with van der Waals surface area (Å²) in [6, 6.07) is 4.64. The van der Waals surface area contributed by atoms with E-state index in [0.29, 0.717) is 6.42 Å². The van der Waals surface area contributed by atoms with Crippen LogP contribution in [0, 0.1) is 5.82 Å². The van der Waals surface area contributed by atoms with Crippen molar-refractivity contribution in [2.75, 3.05) is 17.3 Å². The molecule has 2 unspecified atom stereocenters. The zero-order valence-electron chi connectivity index (χ0n) is 9.23. The average Bonchev–Trinajstić information content (AvgIpc) is 2.35. The monoisotopic (exact) mass is 292 g/mol. The number of halogens is 2. The third-order valence-corrected chi connectivity index (χ3v) is 5.90. The summed E-state index contributed by atoms with van der Waals surface area (Å²) in [5, 5.41) is 10.5. The number of rotatable bonds is 3. The fourth-order valence-corrected chi connectivity index (χ4v) is 4.74. The highest BCUT2D eigenvalue weighted by Crippen LogP contribution is 2.28. The highest BCUT2D eigenvalue weighted by molar-refractivity contribution is 8.06. The van der Waals surface area contributed by atoms with Gasteiger partial charge in [0.1, 0.15) is 5.82 Å². The maximum atomic E-state index is 13.0. The zero-order chi connectivity index (χ0) is 12.3. The van der Waals surface area contributed by atoms with Crippen LogP contribution in [0.15, 0.2) is 18.2 Å². The van der Waals surface area contributed by atoms with Crippen molar-refractivity contribution in [3.05, 3.63) is 34.6 Å². The average molecular weight is 293 g/mol. The third-order valence-electron chi connectivity index (χ3n) is 2.70. The van der Waals surface area contributed by atoms with Crippen molar-refractivity contribution in [2.24, 2.45) is 0 Å². The molecule has 2 atom stereocenters. The van der Waals surface area contributed by atoms with Crippen molar-refractivity contribution >= 4 is 35.1 Å². The summed E-state index contributed by atoms with van der Waals surface area (Å²) in [6.45, 7) is 0. The lowest BCUT2D eigenvalue weighted by Crippen LogP contribution is -2.30. The van der Waals surface area contributed by atoms with E-state index >= 15 is 0 Å². The first kappa shape index (κ1) is 13.5. The molecule has 17 heavy (non-hydrogen) atoms. The second-order valence-electron chi connectivity index (χ2n) is 4.00. The van der Waals surface area contributed by atoms with Crippen LogP contribution in [-0.4, -0.2) is 33.7 Å². The Balaban J connectivity index is 1.96. The van der Waals surface area contributed by atoms with E-state index in [9.17, 15) is 9.50 Å². The largest absolute Gasteiger partial charge is 0.392 e. The fourth-order valence-electron chi connectivity index (χ4n) is 1.77. The Kier molecular flexibility index (Phi) is 5.03. The Bertz CT molecular complexity index is 383. The van der Waals surface area contributed by atoms with Gasteiger partial charge in [-0.25, -0.2) is 4.39 Å². The Morgan fingerprint density at radius 3 is 2.94 bits per heavy atom. The van der Waals surface area contributed by atoms with Gasteiger partial charge in [0.2, 0.25) is 0 Å². The molecule has 0 aromatic heterocycles. The maximum Gasteiger partial charge on any atom is 0.141 e. The Morgan fingerprint density at radius 1 is 1.47 bits per heavy atom. The molecule has 0 radical (unpaired) electrons. The molecule has 0 amide bonds. The Labute approximate surface area is 114 Å². The molecule has 2 rings (SSSR count). The summed E-state index contributed by atoms with van der Waals surface area (Å²) in [4.78, 5) is 0. The zero-order valence-corrected chi connectivity index (χ0v) is 11.6. The fraction of sp³-hybridized carbons (Fsp3) is 0.500. The molecule has 94 valence electrons. The van der Waals surface area contributed by atoms with Gasteiger partial charge in [-0.2, -0.15) is 23.5 Å². The lowest BCUT2D eigenvalue weighted by molar-refractivity contribution is 0.177. The van der Waals surface area contributed by atoms with E-state index in [2.05, 4.69) is 0 Å². The molecule has 1 heterocycles. The third kappa shape index (κ3) is 3.78. The highest BCUT2D eigenvalue weighted by atomic mass is 35.5. The number of thioether (sulfide) groups is 2. The van der Waals surface area contributed by atoms with E-state index < -0.39 is 5.82 Å². The lowest BCUT2D eigenvalue weighted by atomic mass is 10.1. The first-order chi connectivity index (χ1) is 8.16. The molecule has 0 aliphatic carbocycles. The molecule has 1 N–H and O–H groups in total. The predicted molar refractivity (Wildman–Crippen MR) is 74.7 cm³/mol. The predicted octanol–water partition coefficient (Wildman–Crippen LogP) is 3.23. The molecular formula is C12H14ClFOS2. The molecular weight excluding hydrogens is 279 g/mol. The van der Waals surface area contributed by atoms with E-state index in [1.165, 1.54) is 6.07 Å².